The van der Waals surface area contributed by atoms with E-state index >= 15 is 0 Å². The van der Waals surface area contributed by atoms with Crippen LogP contribution in [0.3, 0.4) is 0 Å². The van der Waals surface area contributed by atoms with Crippen molar-refractivity contribution in [3.05, 3.63) is 54.1 Å². The normalized spacial score (nSPS) is 13.9. The number of ether oxygens (including phenoxy) is 2. The highest BCUT2D eigenvalue weighted by Gasteiger charge is 2.13. The maximum absolute atomic E-state index is 6.01. The molecule has 31 heavy (non-hydrogen) atoms. The summed E-state index contributed by atoms with van der Waals surface area (Å²) in [6.45, 7) is 6.03. The molecule has 3 N–H and O–H groups in total. The average Bonchev–Trinajstić information content (AvgIpc) is 3.30. The van der Waals surface area contributed by atoms with Crippen LogP contribution in [0.15, 0.2) is 48.5 Å². The standard InChI is InChI=1S/C24H29N5O2/c1-17-22(18-8-10-20(11-9-18)31-15-14-29-12-3-4-13-29)27-24(25)28-23(17)26-19-6-5-7-21(16-19)30-2/h5-11,16H,3-4,12-15H2,1-2H3,(H3,25,26,27,28). The van der Waals surface area contributed by atoms with Crippen LogP contribution >= 0.6 is 0 Å². The van der Waals surface area contributed by atoms with Crippen molar-refractivity contribution in [1.82, 2.24) is 14.9 Å². The molecule has 3 aromatic rings. The van der Waals surface area contributed by atoms with E-state index in [1.54, 1.807) is 7.11 Å². The number of hydrogen-bond acceptors (Lipinski definition) is 7. The van der Waals surface area contributed by atoms with Gasteiger partial charge in [0, 0.05) is 29.4 Å². The van der Waals surface area contributed by atoms with E-state index in [2.05, 4.69) is 20.2 Å². The van der Waals surface area contributed by atoms with Gasteiger partial charge in [-0.3, -0.25) is 4.90 Å². The number of nitrogens with two attached hydrogens (primary N) is 1. The van der Waals surface area contributed by atoms with Gasteiger partial charge in [-0.15, -0.1) is 0 Å². The summed E-state index contributed by atoms with van der Waals surface area (Å²) in [5.41, 5.74) is 9.56. The molecule has 0 saturated carbocycles. The molecule has 7 heteroatoms. The highest BCUT2D eigenvalue weighted by atomic mass is 16.5. The fourth-order valence-corrected chi connectivity index (χ4v) is 3.78. The predicted octanol–water partition coefficient (Wildman–Crippen LogP) is 4.26. The average molecular weight is 420 g/mol. The monoisotopic (exact) mass is 419 g/mol. The third kappa shape index (κ3) is 5.24. The zero-order chi connectivity index (χ0) is 21.6. The van der Waals surface area contributed by atoms with Crippen LogP contribution in [-0.2, 0) is 0 Å². The van der Waals surface area contributed by atoms with Gasteiger partial charge in [-0.25, -0.2) is 4.98 Å². The molecule has 1 fully saturated rings. The van der Waals surface area contributed by atoms with E-state index in [1.165, 1.54) is 25.9 Å². The summed E-state index contributed by atoms with van der Waals surface area (Å²) in [6, 6.07) is 15.7. The molecule has 2 aromatic carbocycles. The first-order valence-corrected chi connectivity index (χ1v) is 10.6. The molecule has 7 nitrogen and oxygen atoms in total. The molecule has 1 saturated heterocycles. The smallest absolute Gasteiger partial charge is 0.222 e. The van der Waals surface area contributed by atoms with Gasteiger partial charge in [-0.2, -0.15) is 4.98 Å². The summed E-state index contributed by atoms with van der Waals surface area (Å²) >= 11 is 0. The lowest BCUT2D eigenvalue weighted by atomic mass is 10.1. The predicted molar refractivity (Wildman–Crippen MR) is 124 cm³/mol. The molecule has 0 amide bonds. The zero-order valence-corrected chi connectivity index (χ0v) is 18.1. The van der Waals surface area contributed by atoms with Crippen LogP contribution in [0.1, 0.15) is 18.4 Å². The molecular formula is C24H29N5O2. The van der Waals surface area contributed by atoms with Crippen molar-refractivity contribution in [1.29, 1.82) is 0 Å². The van der Waals surface area contributed by atoms with Crippen LogP contribution in [0.2, 0.25) is 0 Å². The van der Waals surface area contributed by atoms with Gasteiger partial charge in [0.15, 0.2) is 0 Å². The first kappa shape index (κ1) is 20.9. The first-order chi connectivity index (χ1) is 15.1. The van der Waals surface area contributed by atoms with E-state index in [9.17, 15) is 0 Å². The van der Waals surface area contributed by atoms with Crippen molar-refractivity contribution in [2.75, 3.05) is 44.4 Å². The molecular weight excluding hydrogens is 390 g/mol. The second-order valence-corrected chi connectivity index (χ2v) is 7.68. The fraction of sp³-hybridized carbons (Fsp3) is 0.333. The molecule has 4 rings (SSSR count). The van der Waals surface area contributed by atoms with Crippen molar-refractivity contribution >= 4 is 17.5 Å². The highest BCUT2D eigenvalue weighted by Crippen LogP contribution is 2.30. The molecule has 2 heterocycles. The lowest BCUT2D eigenvalue weighted by molar-refractivity contribution is 0.238. The molecule has 0 radical (unpaired) electrons. The van der Waals surface area contributed by atoms with Gasteiger partial charge in [0.25, 0.3) is 0 Å². The van der Waals surface area contributed by atoms with E-state index in [0.29, 0.717) is 12.4 Å². The Morgan fingerprint density at radius 3 is 2.55 bits per heavy atom. The highest BCUT2D eigenvalue weighted by molar-refractivity contribution is 5.72. The fourth-order valence-electron chi connectivity index (χ4n) is 3.78. The van der Waals surface area contributed by atoms with Gasteiger partial charge in [-0.1, -0.05) is 6.07 Å². The number of rotatable bonds is 8. The zero-order valence-electron chi connectivity index (χ0n) is 18.1. The molecule has 1 aliphatic rings. The summed E-state index contributed by atoms with van der Waals surface area (Å²) in [5, 5.41) is 3.32. The quantitative estimate of drug-likeness (QED) is 0.564. The number of nitrogens with zero attached hydrogens (tertiary/aromatic N) is 3. The number of anilines is 3. The van der Waals surface area contributed by atoms with Gasteiger partial charge < -0.3 is 20.5 Å². The maximum Gasteiger partial charge on any atom is 0.222 e. The van der Waals surface area contributed by atoms with E-state index in [4.69, 9.17) is 15.2 Å². The third-order valence-electron chi connectivity index (χ3n) is 5.50. The summed E-state index contributed by atoms with van der Waals surface area (Å²) in [5.74, 6) is 2.52. The van der Waals surface area contributed by atoms with E-state index in [1.807, 2.05) is 55.5 Å². The topological polar surface area (TPSA) is 85.5 Å². The summed E-state index contributed by atoms with van der Waals surface area (Å²) in [6.07, 6.45) is 2.59. The summed E-state index contributed by atoms with van der Waals surface area (Å²) in [7, 11) is 1.64. The first-order valence-electron chi connectivity index (χ1n) is 10.6. The van der Waals surface area contributed by atoms with Crippen molar-refractivity contribution < 1.29 is 9.47 Å². The van der Waals surface area contributed by atoms with Crippen LogP contribution in [0.25, 0.3) is 11.3 Å². The molecule has 0 unspecified atom stereocenters. The number of nitrogen functional groups attached to an aromatic ring is 1. The van der Waals surface area contributed by atoms with Gasteiger partial charge in [-0.05, 0) is 69.3 Å². The molecule has 0 atom stereocenters. The minimum absolute atomic E-state index is 0.219. The molecule has 0 bridgehead atoms. The Balaban J connectivity index is 1.48. The largest absolute Gasteiger partial charge is 0.497 e. The van der Waals surface area contributed by atoms with Gasteiger partial charge in [0.05, 0.1) is 12.8 Å². The van der Waals surface area contributed by atoms with Crippen LogP contribution in [0, 0.1) is 6.92 Å². The minimum atomic E-state index is 0.219. The summed E-state index contributed by atoms with van der Waals surface area (Å²) in [4.78, 5) is 11.3. The SMILES string of the molecule is COc1cccc(Nc2nc(N)nc(-c3ccc(OCCN4CCCC4)cc3)c2C)c1. The Hall–Kier alpha value is -3.32. The second-order valence-electron chi connectivity index (χ2n) is 7.68. The Labute approximate surface area is 183 Å². The van der Waals surface area contributed by atoms with E-state index in [0.717, 1.165) is 40.6 Å². The van der Waals surface area contributed by atoms with Crippen molar-refractivity contribution in [3.8, 4) is 22.8 Å². The molecule has 1 aliphatic heterocycles. The lowest BCUT2D eigenvalue weighted by Gasteiger charge is -2.15. The number of aromatic nitrogens is 2. The van der Waals surface area contributed by atoms with Crippen LogP contribution in [0.4, 0.5) is 17.5 Å². The number of benzene rings is 2. The molecule has 162 valence electrons. The number of likely N-dealkylation sites (tertiary alicyclic amines) is 1. The summed E-state index contributed by atoms with van der Waals surface area (Å²) < 4.78 is 11.2. The van der Waals surface area contributed by atoms with E-state index in [-0.39, 0.29) is 5.95 Å². The van der Waals surface area contributed by atoms with Crippen LogP contribution in [-0.4, -0.2) is 48.2 Å². The minimum Gasteiger partial charge on any atom is -0.497 e. The molecule has 1 aromatic heterocycles. The van der Waals surface area contributed by atoms with Crippen molar-refractivity contribution in [2.24, 2.45) is 0 Å². The Bertz CT molecular complexity index is 1020. The van der Waals surface area contributed by atoms with Crippen LogP contribution in [0.5, 0.6) is 11.5 Å². The number of nitrogens with one attached hydrogen (secondary N) is 1. The maximum atomic E-state index is 6.01. The Kier molecular flexibility index (Phi) is 6.52. The van der Waals surface area contributed by atoms with Gasteiger partial charge in [0.2, 0.25) is 5.95 Å². The van der Waals surface area contributed by atoms with Gasteiger partial charge in [0.1, 0.15) is 23.9 Å². The lowest BCUT2D eigenvalue weighted by Crippen LogP contribution is -2.25. The van der Waals surface area contributed by atoms with E-state index < -0.39 is 0 Å². The number of hydrogen-bond donors (Lipinski definition) is 2. The Morgan fingerprint density at radius 1 is 1.03 bits per heavy atom. The van der Waals surface area contributed by atoms with Crippen molar-refractivity contribution in [3.63, 3.8) is 0 Å². The van der Waals surface area contributed by atoms with Gasteiger partial charge >= 0.3 is 0 Å². The van der Waals surface area contributed by atoms with Crippen molar-refractivity contribution in [2.45, 2.75) is 19.8 Å². The molecule has 0 aliphatic carbocycles. The molecule has 0 spiro atoms. The third-order valence-corrected chi connectivity index (χ3v) is 5.50. The second kappa shape index (κ2) is 9.66. The Morgan fingerprint density at radius 2 is 1.81 bits per heavy atom. The van der Waals surface area contributed by atoms with Crippen LogP contribution < -0.4 is 20.5 Å². The number of methoxy groups -OCH3 is 1.